The van der Waals surface area contributed by atoms with Gasteiger partial charge in [-0.1, -0.05) is 12.1 Å². The SMILES string of the molecule is CCNC(=O)Cn1c(CCN)nc2ccccc21. The molecule has 5 heteroatoms. The molecule has 0 aliphatic rings. The predicted molar refractivity (Wildman–Crippen MR) is 71.2 cm³/mol. The summed E-state index contributed by atoms with van der Waals surface area (Å²) in [4.78, 5) is 16.2. The lowest BCUT2D eigenvalue weighted by molar-refractivity contribution is -0.121. The van der Waals surface area contributed by atoms with Gasteiger partial charge in [0.1, 0.15) is 12.4 Å². The minimum Gasteiger partial charge on any atom is -0.355 e. The van der Waals surface area contributed by atoms with E-state index >= 15 is 0 Å². The number of likely N-dealkylation sites (N-methyl/N-ethyl adjacent to an activating group) is 1. The van der Waals surface area contributed by atoms with Crippen molar-refractivity contribution >= 4 is 16.9 Å². The van der Waals surface area contributed by atoms with Crippen LogP contribution >= 0.6 is 0 Å². The highest BCUT2D eigenvalue weighted by Gasteiger charge is 2.12. The molecule has 0 saturated carbocycles. The van der Waals surface area contributed by atoms with Crippen molar-refractivity contribution < 1.29 is 4.79 Å². The summed E-state index contributed by atoms with van der Waals surface area (Å²) in [6.45, 7) is 3.37. The fourth-order valence-electron chi connectivity index (χ4n) is 2.02. The van der Waals surface area contributed by atoms with E-state index in [1.165, 1.54) is 0 Å². The average Bonchev–Trinajstić information content (AvgIpc) is 2.69. The van der Waals surface area contributed by atoms with Crippen molar-refractivity contribution in [1.82, 2.24) is 14.9 Å². The first-order chi connectivity index (χ1) is 8.76. The molecule has 1 amide bonds. The second-order valence-corrected chi connectivity index (χ2v) is 4.10. The number of nitrogens with zero attached hydrogens (tertiary/aromatic N) is 2. The third-order valence-electron chi connectivity index (χ3n) is 2.78. The molecule has 0 radical (unpaired) electrons. The Bertz CT molecular complexity index is 547. The van der Waals surface area contributed by atoms with Crippen molar-refractivity contribution in [3.63, 3.8) is 0 Å². The Balaban J connectivity index is 2.38. The Hall–Kier alpha value is -1.88. The van der Waals surface area contributed by atoms with Crippen molar-refractivity contribution in [1.29, 1.82) is 0 Å². The smallest absolute Gasteiger partial charge is 0.239 e. The fraction of sp³-hybridized carbons (Fsp3) is 0.385. The molecule has 96 valence electrons. The molecule has 1 heterocycles. The molecule has 18 heavy (non-hydrogen) atoms. The molecule has 0 saturated heterocycles. The van der Waals surface area contributed by atoms with E-state index in [1.807, 2.05) is 35.8 Å². The summed E-state index contributed by atoms with van der Waals surface area (Å²) in [6, 6.07) is 7.81. The van der Waals surface area contributed by atoms with Crippen LogP contribution in [-0.4, -0.2) is 28.5 Å². The van der Waals surface area contributed by atoms with Crippen LogP contribution in [0.4, 0.5) is 0 Å². The van der Waals surface area contributed by atoms with E-state index in [0.29, 0.717) is 26.1 Å². The fourth-order valence-corrected chi connectivity index (χ4v) is 2.02. The van der Waals surface area contributed by atoms with Gasteiger partial charge in [0.25, 0.3) is 0 Å². The zero-order chi connectivity index (χ0) is 13.0. The van der Waals surface area contributed by atoms with E-state index in [0.717, 1.165) is 16.9 Å². The van der Waals surface area contributed by atoms with Crippen LogP contribution in [-0.2, 0) is 17.8 Å². The lowest BCUT2D eigenvalue weighted by atomic mass is 10.3. The van der Waals surface area contributed by atoms with E-state index in [-0.39, 0.29) is 5.91 Å². The summed E-state index contributed by atoms with van der Waals surface area (Å²) in [6.07, 6.45) is 0.675. The summed E-state index contributed by atoms with van der Waals surface area (Å²) in [7, 11) is 0. The third kappa shape index (κ3) is 2.51. The van der Waals surface area contributed by atoms with Crippen molar-refractivity contribution in [2.75, 3.05) is 13.1 Å². The maximum absolute atomic E-state index is 11.7. The largest absolute Gasteiger partial charge is 0.355 e. The van der Waals surface area contributed by atoms with Crippen LogP contribution in [0.1, 0.15) is 12.7 Å². The molecule has 5 nitrogen and oxygen atoms in total. The van der Waals surface area contributed by atoms with Crippen LogP contribution in [0.25, 0.3) is 11.0 Å². The second-order valence-electron chi connectivity index (χ2n) is 4.10. The molecular weight excluding hydrogens is 228 g/mol. The first kappa shape index (κ1) is 12.6. The van der Waals surface area contributed by atoms with Gasteiger partial charge in [0.15, 0.2) is 0 Å². The van der Waals surface area contributed by atoms with E-state index in [9.17, 15) is 4.79 Å². The van der Waals surface area contributed by atoms with Gasteiger partial charge in [0.05, 0.1) is 11.0 Å². The molecule has 2 aromatic rings. The van der Waals surface area contributed by atoms with E-state index in [1.54, 1.807) is 0 Å². The van der Waals surface area contributed by atoms with Crippen LogP contribution in [0.2, 0.25) is 0 Å². The normalized spacial score (nSPS) is 10.8. The predicted octanol–water partition coefficient (Wildman–Crippen LogP) is 0.674. The zero-order valence-electron chi connectivity index (χ0n) is 10.5. The lowest BCUT2D eigenvalue weighted by Crippen LogP contribution is -2.28. The molecule has 2 rings (SSSR count). The minimum absolute atomic E-state index is 0.000996. The Morgan fingerprint density at radius 3 is 2.94 bits per heavy atom. The quantitative estimate of drug-likeness (QED) is 0.814. The van der Waals surface area contributed by atoms with Crippen molar-refractivity contribution in [3.8, 4) is 0 Å². The number of hydrogen-bond acceptors (Lipinski definition) is 3. The topological polar surface area (TPSA) is 72.9 Å². The van der Waals surface area contributed by atoms with Gasteiger partial charge in [-0.2, -0.15) is 0 Å². The first-order valence-electron chi connectivity index (χ1n) is 6.17. The third-order valence-corrected chi connectivity index (χ3v) is 2.78. The van der Waals surface area contributed by atoms with Gasteiger partial charge in [-0.3, -0.25) is 4.79 Å². The van der Waals surface area contributed by atoms with E-state index < -0.39 is 0 Å². The standard InChI is InChI=1S/C13H18N4O/c1-2-15-13(18)9-17-11-6-4-3-5-10(11)16-12(17)7-8-14/h3-6H,2,7-9,14H2,1H3,(H,15,18). The number of amides is 1. The van der Waals surface area contributed by atoms with Crippen LogP contribution in [0, 0.1) is 0 Å². The number of carbonyl (C=O) groups excluding carboxylic acids is 1. The number of nitrogens with two attached hydrogens (primary N) is 1. The number of hydrogen-bond donors (Lipinski definition) is 2. The molecule has 0 atom stereocenters. The van der Waals surface area contributed by atoms with Crippen molar-refractivity contribution in [2.24, 2.45) is 5.73 Å². The lowest BCUT2D eigenvalue weighted by Gasteiger charge is -2.08. The van der Waals surface area contributed by atoms with Gasteiger partial charge < -0.3 is 15.6 Å². The molecule has 0 aliphatic carbocycles. The van der Waals surface area contributed by atoms with Gasteiger partial charge in [-0.05, 0) is 25.6 Å². The van der Waals surface area contributed by atoms with Gasteiger partial charge in [0.2, 0.25) is 5.91 Å². The van der Waals surface area contributed by atoms with Crippen molar-refractivity contribution in [3.05, 3.63) is 30.1 Å². The number of aromatic nitrogens is 2. The summed E-state index contributed by atoms with van der Waals surface area (Å²) in [5, 5.41) is 2.80. The van der Waals surface area contributed by atoms with Crippen molar-refractivity contribution in [2.45, 2.75) is 19.9 Å². The number of imidazole rings is 1. The Labute approximate surface area is 106 Å². The highest BCUT2D eigenvalue weighted by Crippen LogP contribution is 2.16. The van der Waals surface area contributed by atoms with Crippen LogP contribution in [0.5, 0.6) is 0 Å². The molecular formula is C13H18N4O. The highest BCUT2D eigenvalue weighted by molar-refractivity contribution is 5.81. The van der Waals surface area contributed by atoms with E-state index in [2.05, 4.69) is 10.3 Å². The molecule has 0 bridgehead atoms. The molecule has 1 aromatic heterocycles. The highest BCUT2D eigenvalue weighted by atomic mass is 16.1. The van der Waals surface area contributed by atoms with Gasteiger partial charge in [-0.25, -0.2) is 4.98 Å². The number of benzene rings is 1. The number of para-hydroxylation sites is 2. The molecule has 0 aliphatic heterocycles. The maximum Gasteiger partial charge on any atom is 0.239 e. The molecule has 0 fully saturated rings. The molecule has 0 spiro atoms. The molecule has 1 aromatic carbocycles. The maximum atomic E-state index is 11.7. The Morgan fingerprint density at radius 2 is 2.22 bits per heavy atom. The monoisotopic (exact) mass is 246 g/mol. The van der Waals surface area contributed by atoms with E-state index in [4.69, 9.17) is 5.73 Å². The second kappa shape index (κ2) is 5.64. The minimum atomic E-state index is -0.000996. The number of fused-ring (bicyclic) bond motifs is 1. The first-order valence-corrected chi connectivity index (χ1v) is 6.17. The average molecular weight is 246 g/mol. The summed E-state index contributed by atoms with van der Waals surface area (Å²) in [5.74, 6) is 0.865. The Morgan fingerprint density at radius 1 is 1.44 bits per heavy atom. The zero-order valence-corrected chi connectivity index (χ0v) is 10.5. The Kier molecular flexibility index (Phi) is 3.94. The van der Waals surface area contributed by atoms with Crippen LogP contribution < -0.4 is 11.1 Å². The summed E-state index contributed by atoms with van der Waals surface area (Å²) in [5.41, 5.74) is 7.47. The van der Waals surface area contributed by atoms with Gasteiger partial charge in [-0.15, -0.1) is 0 Å². The number of nitrogens with one attached hydrogen (secondary N) is 1. The number of rotatable bonds is 5. The van der Waals surface area contributed by atoms with Crippen LogP contribution in [0.3, 0.4) is 0 Å². The molecule has 3 N–H and O–H groups in total. The summed E-state index contributed by atoms with van der Waals surface area (Å²) >= 11 is 0. The van der Waals surface area contributed by atoms with Gasteiger partial charge >= 0.3 is 0 Å². The molecule has 0 unspecified atom stereocenters. The summed E-state index contributed by atoms with van der Waals surface area (Å²) < 4.78 is 1.94. The van der Waals surface area contributed by atoms with Gasteiger partial charge in [0, 0.05) is 13.0 Å². The van der Waals surface area contributed by atoms with Crippen LogP contribution in [0.15, 0.2) is 24.3 Å². The number of carbonyl (C=O) groups is 1.